The van der Waals surface area contributed by atoms with E-state index in [-0.39, 0.29) is 0 Å². The Bertz CT molecular complexity index is 288. The fourth-order valence-electron chi connectivity index (χ4n) is 4.48. The first-order chi connectivity index (χ1) is 9.33. The van der Waals surface area contributed by atoms with Crippen LogP contribution in [0.2, 0.25) is 0 Å². The van der Waals surface area contributed by atoms with Gasteiger partial charge in [0, 0.05) is 19.1 Å². The van der Waals surface area contributed by atoms with E-state index in [2.05, 4.69) is 4.90 Å². The topological polar surface area (TPSA) is 12.5 Å². The van der Waals surface area contributed by atoms with Crippen LogP contribution in [0.3, 0.4) is 0 Å². The first-order valence-corrected chi connectivity index (χ1v) is 8.93. The third-order valence-corrected chi connectivity index (χ3v) is 6.31. The largest absolute Gasteiger partial charge is 0.375 e. The van der Waals surface area contributed by atoms with Gasteiger partial charge in [0.15, 0.2) is 0 Å². The summed E-state index contributed by atoms with van der Waals surface area (Å²) >= 11 is 4.74. The average molecular weight is 283 g/mol. The van der Waals surface area contributed by atoms with Gasteiger partial charge in [-0.05, 0) is 43.3 Å². The van der Waals surface area contributed by atoms with Crippen molar-refractivity contribution in [1.82, 2.24) is 4.90 Å². The number of hydrogen-bond acceptors (Lipinski definition) is 3. The quantitative estimate of drug-likeness (QED) is 0.628. The maximum atomic E-state index is 5.95. The van der Waals surface area contributed by atoms with Gasteiger partial charge in [0.05, 0.1) is 12.7 Å². The molecule has 1 aliphatic heterocycles. The number of ether oxygens (including phenoxy) is 1. The van der Waals surface area contributed by atoms with Crippen LogP contribution in [0.1, 0.15) is 57.8 Å². The van der Waals surface area contributed by atoms with E-state index in [0.717, 1.165) is 18.9 Å². The first kappa shape index (κ1) is 14.2. The Morgan fingerprint density at radius 1 is 1.05 bits per heavy atom. The minimum absolute atomic E-state index is 0.490. The smallest absolute Gasteiger partial charge is 0.0730 e. The third-order valence-electron chi connectivity index (χ3n) is 5.64. The molecule has 19 heavy (non-hydrogen) atoms. The molecule has 1 saturated heterocycles. The highest BCUT2D eigenvalue weighted by Gasteiger charge is 2.40. The molecule has 3 fully saturated rings. The molecule has 2 unspecified atom stereocenters. The van der Waals surface area contributed by atoms with Crippen LogP contribution >= 0.6 is 12.6 Å². The zero-order chi connectivity index (χ0) is 13.1. The molecule has 2 saturated carbocycles. The van der Waals surface area contributed by atoms with E-state index < -0.39 is 0 Å². The van der Waals surface area contributed by atoms with Crippen molar-refractivity contribution in [3.8, 4) is 0 Å². The molecule has 3 aliphatic rings. The zero-order valence-electron chi connectivity index (χ0n) is 12.1. The summed E-state index contributed by atoms with van der Waals surface area (Å²) in [5.41, 5.74) is 0.490. The Hall–Kier alpha value is 0.270. The maximum absolute atomic E-state index is 5.95. The van der Waals surface area contributed by atoms with Crippen molar-refractivity contribution >= 4 is 12.6 Å². The molecular weight excluding hydrogens is 254 g/mol. The molecule has 2 atom stereocenters. The summed E-state index contributed by atoms with van der Waals surface area (Å²) in [5.74, 6) is 1.07. The van der Waals surface area contributed by atoms with Crippen molar-refractivity contribution in [2.24, 2.45) is 5.41 Å². The lowest BCUT2D eigenvalue weighted by Crippen LogP contribution is -2.52. The maximum Gasteiger partial charge on any atom is 0.0730 e. The zero-order valence-corrected chi connectivity index (χ0v) is 13.0. The molecule has 0 bridgehead atoms. The van der Waals surface area contributed by atoms with E-state index in [1.807, 2.05) is 0 Å². The molecule has 3 rings (SSSR count). The van der Waals surface area contributed by atoms with Gasteiger partial charge < -0.3 is 4.74 Å². The van der Waals surface area contributed by atoms with E-state index in [9.17, 15) is 0 Å². The molecule has 2 nitrogen and oxygen atoms in total. The number of thiol groups is 1. The molecule has 0 aromatic carbocycles. The highest BCUT2D eigenvalue weighted by Crippen LogP contribution is 2.39. The van der Waals surface area contributed by atoms with Gasteiger partial charge in [0.2, 0.25) is 0 Å². The van der Waals surface area contributed by atoms with E-state index in [0.29, 0.717) is 17.6 Å². The Morgan fingerprint density at radius 2 is 1.84 bits per heavy atom. The van der Waals surface area contributed by atoms with Crippen LogP contribution in [0.5, 0.6) is 0 Å². The van der Waals surface area contributed by atoms with Crippen molar-refractivity contribution in [2.45, 2.75) is 69.9 Å². The molecule has 3 heteroatoms. The highest BCUT2D eigenvalue weighted by atomic mass is 32.1. The number of morpholine rings is 1. The minimum atomic E-state index is 0.490. The van der Waals surface area contributed by atoms with Gasteiger partial charge in [-0.2, -0.15) is 12.6 Å². The van der Waals surface area contributed by atoms with Crippen LogP contribution < -0.4 is 0 Å². The van der Waals surface area contributed by atoms with Crippen molar-refractivity contribution in [3.63, 3.8) is 0 Å². The Morgan fingerprint density at radius 3 is 2.58 bits per heavy atom. The van der Waals surface area contributed by atoms with E-state index >= 15 is 0 Å². The molecule has 0 radical (unpaired) electrons. The Labute approximate surface area is 123 Å². The molecule has 0 aromatic rings. The molecule has 2 aliphatic carbocycles. The number of rotatable bonds is 3. The number of fused-ring (bicyclic) bond motifs is 1. The number of nitrogens with zero attached hydrogens (tertiary/aromatic N) is 1. The summed E-state index contributed by atoms with van der Waals surface area (Å²) < 4.78 is 5.95. The number of hydrogen-bond donors (Lipinski definition) is 1. The van der Waals surface area contributed by atoms with Crippen LogP contribution in [0.15, 0.2) is 0 Å². The van der Waals surface area contributed by atoms with Crippen molar-refractivity contribution < 1.29 is 4.74 Å². The second-order valence-corrected chi connectivity index (χ2v) is 7.27. The fourth-order valence-corrected chi connectivity index (χ4v) is 4.89. The molecule has 0 aromatic heterocycles. The standard InChI is InChI=1S/C16H29NOS/c19-13-16(8-3-1-2-4-9-16)12-17-10-11-18-15-7-5-6-14(15)17/h14-15,19H,1-13H2. The summed E-state index contributed by atoms with van der Waals surface area (Å²) in [5, 5.41) is 0. The average Bonchev–Trinajstić information content (AvgIpc) is 2.80. The Balaban J connectivity index is 1.67. The van der Waals surface area contributed by atoms with Crippen LogP contribution in [-0.4, -0.2) is 42.5 Å². The van der Waals surface area contributed by atoms with Crippen LogP contribution in [0, 0.1) is 5.41 Å². The monoisotopic (exact) mass is 283 g/mol. The van der Waals surface area contributed by atoms with Gasteiger partial charge in [0.25, 0.3) is 0 Å². The second kappa shape index (κ2) is 6.36. The van der Waals surface area contributed by atoms with Gasteiger partial charge in [-0.3, -0.25) is 4.90 Å². The lowest BCUT2D eigenvalue weighted by Gasteiger charge is -2.44. The van der Waals surface area contributed by atoms with Crippen molar-refractivity contribution in [3.05, 3.63) is 0 Å². The van der Waals surface area contributed by atoms with E-state index in [4.69, 9.17) is 17.4 Å². The minimum Gasteiger partial charge on any atom is -0.375 e. The summed E-state index contributed by atoms with van der Waals surface area (Å²) in [7, 11) is 0. The van der Waals surface area contributed by atoms with Gasteiger partial charge in [-0.1, -0.05) is 25.7 Å². The molecule has 0 amide bonds. The second-order valence-electron chi connectivity index (χ2n) is 6.95. The van der Waals surface area contributed by atoms with Gasteiger partial charge in [0.1, 0.15) is 0 Å². The predicted octanol–water partition coefficient (Wildman–Crippen LogP) is 3.51. The predicted molar refractivity (Wildman–Crippen MR) is 82.9 cm³/mol. The lowest BCUT2D eigenvalue weighted by molar-refractivity contribution is -0.0680. The van der Waals surface area contributed by atoms with Crippen molar-refractivity contribution in [2.75, 3.05) is 25.4 Å². The van der Waals surface area contributed by atoms with Crippen LogP contribution in [0.25, 0.3) is 0 Å². The lowest BCUT2D eigenvalue weighted by atomic mass is 9.81. The summed E-state index contributed by atoms with van der Waals surface area (Å²) in [4.78, 5) is 2.77. The molecular formula is C16H29NOS. The summed E-state index contributed by atoms with van der Waals surface area (Å²) in [6.45, 7) is 3.38. The third kappa shape index (κ3) is 3.14. The summed E-state index contributed by atoms with van der Waals surface area (Å²) in [6.07, 6.45) is 13.0. The SMILES string of the molecule is SCC1(CN2CCOC3CCCC32)CCCCCC1. The van der Waals surface area contributed by atoms with Gasteiger partial charge in [-0.15, -0.1) is 0 Å². The van der Waals surface area contributed by atoms with Crippen LogP contribution in [0.4, 0.5) is 0 Å². The molecule has 0 N–H and O–H groups in total. The van der Waals surface area contributed by atoms with E-state index in [1.54, 1.807) is 0 Å². The molecule has 110 valence electrons. The first-order valence-electron chi connectivity index (χ1n) is 8.30. The summed E-state index contributed by atoms with van der Waals surface area (Å²) in [6, 6.07) is 0.716. The van der Waals surface area contributed by atoms with E-state index in [1.165, 1.54) is 64.3 Å². The fraction of sp³-hybridized carbons (Fsp3) is 1.00. The normalized spacial score (nSPS) is 35.8. The van der Waals surface area contributed by atoms with Crippen molar-refractivity contribution in [1.29, 1.82) is 0 Å². The molecule has 1 heterocycles. The van der Waals surface area contributed by atoms with Gasteiger partial charge in [-0.25, -0.2) is 0 Å². The highest BCUT2D eigenvalue weighted by molar-refractivity contribution is 7.80. The Kier molecular flexibility index (Phi) is 4.76. The van der Waals surface area contributed by atoms with Gasteiger partial charge >= 0.3 is 0 Å². The van der Waals surface area contributed by atoms with Crippen LogP contribution in [-0.2, 0) is 4.74 Å². The molecule has 0 spiro atoms.